The lowest BCUT2D eigenvalue weighted by Crippen LogP contribution is -2.18. The molecule has 0 amide bonds. The summed E-state index contributed by atoms with van der Waals surface area (Å²) in [4.78, 5) is 4.23. The number of tetrazole rings is 1. The van der Waals surface area contributed by atoms with E-state index in [2.05, 4.69) is 39.8 Å². The zero-order valence-corrected chi connectivity index (χ0v) is 11.2. The number of nitrogens with one attached hydrogen (secondary N) is 1. The second-order valence-corrected chi connectivity index (χ2v) is 5.10. The van der Waals surface area contributed by atoms with Crippen LogP contribution in [0.2, 0.25) is 0 Å². The molecule has 0 aliphatic rings. The van der Waals surface area contributed by atoms with Crippen molar-refractivity contribution in [1.29, 1.82) is 0 Å². The van der Waals surface area contributed by atoms with Crippen LogP contribution in [0.25, 0.3) is 0 Å². The van der Waals surface area contributed by atoms with Gasteiger partial charge < -0.3 is 5.32 Å². The SMILES string of the molecule is CCc1ccc(C(Cc2nnn(C)n2)NC)s1. The minimum atomic E-state index is 0.268. The molecule has 0 aromatic carbocycles. The molecule has 0 bridgehead atoms. The van der Waals surface area contributed by atoms with Gasteiger partial charge in [-0.3, -0.25) is 0 Å². The first-order chi connectivity index (χ1) is 8.22. The number of aromatic nitrogens is 4. The third-order valence-electron chi connectivity index (χ3n) is 2.66. The Kier molecular flexibility index (Phi) is 3.86. The molecule has 5 nitrogen and oxygen atoms in total. The van der Waals surface area contributed by atoms with E-state index in [1.54, 1.807) is 7.05 Å². The van der Waals surface area contributed by atoms with Crippen molar-refractivity contribution >= 4 is 11.3 Å². The van der Waals surface area contributed by atoms with Crippen molar-refractivity contribution in [3.8, 4) is 0 Å². The molecule has 0 saturated heterocycles. The predicted octanol–water partition coefficient (Wildman–Crippen LogP) is 1.34. The molecule has 1 atom stereocenters. The molecular weight excluding hydrogens is 234 g/mol. The Labute approximate surface area is 105 Å². The van der Waals surface area contributed by atoms with Crippen LogP contribution in [0.15, 0.2) is 12.1 Å². The molecule has 0 saturated carbocycles. The van der Waals surface area contributed by atoms with Gasteiger partial charge in [-0.25, -0.2) is 0 Å². The number of rotatable bonds is 5. The largest absolute Gasteiger partial charge is 0.312 e. The van der Waals surface area contributed by atoms with E-state index in [1.165, 1.54) is 14.6 Å². The second-order valence-electron chi connectivity index (χ2n) is 3.90. The van der Waals surface area contributed by atoms with Crippen LogP contribution in [0.5, 0.6) is 0 Å². The Balaban J connectivity index is 2.10. The van der Waals surface area contributed by atoms with E-state index in [0.29, 0.717) is 0 Å². The van der Waals surface area contributed by atoms with Crippen molar-refractivity contribution in [1.82, 2.24) is 25.5 Å². The van der Waals surface area contributed by atoms with E-state index < -0.39 is 0 Å². The van der Waals surface area contributed by atoms with Crippen LogP contribution in [0.3, 0.4) is 0 Å². The normalized spacial score (nSPS) is 12.9. The fourth-order valence-electron chi connectivity index (χ4n) is 1.70. The zero-order valence-electron chi connectivity index (χ0n) is 10.3. The van der Waals surface area contributed by atoms with E-state index in [-0.39, 0.29) is 6.04 Å². The van der Waals surface area contributed by atoms with Gasteiger partial charge in [0.1, 0.15) is 0 Å². The third kappa shape index (κ3) is 2.89. The summed E-state index contributed by atoms with van der Waals surface area (Å²) >= 11 is 1.85. The van der Waals surface area contributed by atoms with Gasteiger partial charge in [0.2, 0.25) is 0 Å². The average molecular weight is 251 g/mol. The van der Waals surface area contributed by atoms with Gasteiger partial charge in [-0.1, -0.05) is 6.92 Å². The zero-order chi connectivity index (χ0) is 12.3. The maximum absolute atomic E-state index is 4.21. The summed E-state index contributed by atoms with van der Waals surface area (Å²) in [7, 11) is 3.75. The van der Waals surface area contributed by atoms with Gasteiger partial charge in [0, 0.05) is 22.2 Å². The van der Waals surface area contributed by atoms with Crippen molar-refractivity contribution in [3.05, 3.63) is 27.7 Å². The summed E-state index contributed by atoms with van der Waals surface area (Å²) in [5, 5.41) is 15.4. The first-order valence-corrected chi connectivity index (χ1v) is 6.53. The van der Waals surface area contributed by atoms with Crippen molar-refractivity contribution < 1.29 is 0 Å². The molecule has 0 spiro atoms. The molecule has 2 aromatic heterocycles. The molecule has 2 heterocycles. The Hall–Kier alpha value is -1.27. The highest BCUT2D eigenvalue weighted by Crippen LogP contribution is 2.25. The summed E-state index contributed by atoms with van der Waals surface area (Å²) in [6, 6.07) is 4.64. The van der Waals surface area contributed by atoms with Crippen molar-refractivity contribution in [3.63, 3.8) is 0 Å². The molecule has 1 unspecified atom stereocenters. The van der Waals surface area contributed by atoms with Gasteiger partial charge in [0.25, 0.3) is 0 Å². The Bertz CT molecular complexity index is 476. The van der Waals surface area contributed by atoms with E-state index >= 15 is 0 Å². The minimum Gasteiger partial charge on any atom is -0.312 e. The number of aryl methyl sites for hydroxylation is 2. The Morgan fingerprint density at radius 1 is 1.47 bits per heavy atom. The quantitative estimate of drug-likeness (QED) is 0.871. The third-order valence-corrected chi connectivity index (χ3v) is 4.00. The van der Waals surface area contributed by atoms with Crippen LogP contribution in [0.4, 0.5) is 0 Å². The van der Waals surface area contributed by atoms with Crippen LogP contribution in [0.1, 0.15) is 28.5 Å². The minimum absolute atomic E-state index is 0.268. The van der Waals surface area contributed by atoms with E-state index in [4.69, 9.17) is 0 Å². The maximum Gasteiger partial charge on any atom is 0.176 e. The van der Waals surface area contributed by atoms with Gasteiger partial charge in [0.05, 0.1) is 7.05 Å². The number of nitrogens with zero attached hydrogens (tertiary/aromatic N) is 4. The lowest BCUT2D eigenvalue weighted by Gasteiger charge is -2.11. The summed E-state index contributed by atoms with van der Waals surface area (Å²) in [5.41, 5.74) is 0. The molecule has 0 radical (unpaired) electrons. The lowest BCUT2D eigenvalue weighted by atomic mass is 10.1. The fraction of sp³-hybridized carbons (Fsp3) is 0.545. The number of thiophene rings is 1. The molecule has 0 aliphatic carbocycles. The van der Waals surface area contributed by atoms with Crippen LogP contribution in [0, 0.1) is 0 Å². The van der Waals surface area contributed by atoms with Gasteiger partial charge in [0.15, 0.2) is 5.82 Å². The fourth-order valence-corrected chi connectivity index (χ4v) is 2.77. The second kappa shape index (κ2) is 5.37. The number of hydrogen-bond donors (Lipinski definition) is 1. The highest BCUT2D eigenvalue weighted by Gasteiger charge is 2.15. The number of likely N-dealkylation sites (N-methyl/N-ethyl adjacent to an activating group) is 1. The lowest BCUT2D eigenvalue weighted by molar-refractivity contribution is 0.578. The summed E-state index contributed by atoms with van der Waals surface area (Å²) in [6.45, 7) is 2.17. The standard InChI is InChI=1S/C11H17N5S/c1-4-8-5-6-10(17-8)9(12-2)7-11-13-15-16(3)14-11/h5-6,9,12H,4,7H2,1-3H3. The first kappa shape index (κ1) is 12.2. The van der Waals surface area contributed by atoms with Crippen LogP contribution in [-0.4, -0.2) is 27.3 Å². The molecule has 17 heavy (non-hydrogen) atoms. The molecule has 6 heteroatoms. The summed E-state index contributed by atoms with van der Waals surface area (Å²) in [5.74, 6) is 0.776. The monoisotopic (exact) mass is 251 g/mol. The molecule has 0 fully saturated rings. The average Bonchev–Trinajstić information content (AvgIpc) is 2.94. The van der Waals surface area contributed by atoms with Crippen molar-refractivity contribution in [2.75, 3.05) is 7.05 Å². The molecule has 92 valence electrons. The van der Waals surface area contributed by atoms with Crippen LogP contribution in [-0.2, 0) is 19.9 Å². The highest BCUT2D eigenvalue weighted by atomic mass is 32.1. The molecule has 2 aromatic rings. The molecule has 0 aliphatic heterocycles. The summed E-state index contributed by atoms with van der Waals surface area (Å²) in [6.07, 6.45) is 1.86. The van der Waals surface area contributed by atoms with E-state index in [9.17, 15) is 0 Å². The molecular formula is C11H17N5S. The highest BCUT2D eigenvalue weighted by molar-refractivity contribution is 7.12. The predicted molar refractivity (Wildman–Crippen MR) is 68.0 cm³/mol. The smallest absolute Gasteiger partial charge is 0.176 e. The van der Waals surface area contributed by atoms with Crippen LogP contribution < -0.4 is 5.32 Å². The maximum atomic E-state index is 4.21. The van der Waals surface area contributed by atoms with Gasteiger partial charge in [-0.05, 0) is 30.8 Å². The summed E-state index contributed by atoms with van der Waals surface area (Å²) < 4.78 is 0. The molecule has 1 N–H and O–H groups in total. The topological polar surface area (TPSA) is 55.6 Å². The van der Waals surface area contributed by atoms with E-state index in [0.717, 1.165) is 18.7 Å². The van der Waals surface area contributed by atoms with E-state index in [1.807, 2.05) is 18.4 Å². The Morgan fingerprint density at radius 3 is 2.82 bits per heavy atom. The van der Waals surface area contributed by atoms with Crippen molar-refractivity contribution in [2.45, 2.75) is 25.8 Å². The molecule has 2 rings (SSSR count). The Morgan fingerprint density at radius 2 is 2.29 bits per heavy atom. The van der Waals surface area contributed by atoms with Crippen molar-refractivity contribution in [2.24, 2.45) is 7.05 Å². The van der Waals surface area contributed by atoms with Gasteiger partial charge in [-0.15, -0.1) is 21.5 Å². The van der Waals surface area contributed by atoms with Gasteiger partial charge in [-0.2, -0.15) is 4.80 Å². The number of hydrogen-bond acceptors (Lipinski definition) is 5. The van der Waals surface area contributed by atoms with Crippen LogP contribution >= 0.6 is 11.3 Å². The first-order valence-electron chi connectivity index (χ1n) is 5.71. The van der Waals surface area contributed by atoms with Gasteiger partial charge >= 0.3 is 0 Å².